The standard InChI is InChI=1S/C12H15ClIN5O3S/c13-9-7-17-19-10(14)8-16-12(19)11(9)15-1-6-23(20,21)18-2-4-22-5-3-18/h7-8,15H,1-6H2. The lowest BCUT2D eigenvalue weighted by Crippen LogP contribution is -2.42. The first-order valence-electron chi connectivity index (χ1n) is 6.96. The van der Waals surface area contributed by atoms with Crippen molar-refractivity contribution in [2.75, 3.05) is 43.9 Å². The quantitative estimate of drug-likeness (QED) is 0.656. The highest BCUT2D eigenvalue weighted by molar-refractivity contribution is 14.1. The van der Waals surface area contributed by atoms with Gasteiger partial charge in [-0.15, -0.1) is 0 Å². The maximum atomic E-state index is 12.3. The van der Waals surface area contributed by atoms with E-state index in [1.807, 2.05) is 0 Å². The van der Waals surface area contributed by atoms with Crippen molar-refractivity contribution in [2.45, 2.75) is 0 Å². The van der Waals surface area contributed by atoms with E-state index in [-0.39, 0.29) is 12.3 Å². The van der Waals surface area contributed by atoms with Crippen molar-refractivity contribution in [3.05, 3.63) is 21.1 Å². The zero-order chi connectivity index (χ0) is 16.4. The van der Waals surface area contributed by atoms with Gasteiger partial charge in [0.25, 0.3) is 0 Å². The minimum Gasteiger partial charge on any atom is -0.380 e. The Labute approximate surface area is 152 Å². The molecule has 1 fully saturated rings. The van der Waals surface area contributed by atoms with Crippen LogP contribution in [0.25, 0.3) is 5.65 Å². The molecule has 0 aromatic carbocycles. The lowest BCUT2D eigenvalue weighted by molar-refractivity contribution is 0.0731. The molecule has 23 heavy (non-hydrogen) atoms. The lowest BCUT2D eigenvalue weighted by atomic mass is 10.4. The van der Waals surface area contributed by atoms with Gasteiger partial charge in [-0.1, -0.05) is 11.6 Å². The molecular formula is C12H15ClIN5O3S. The number of anilines is 1. The van der Waals surface area contributed by atoms with Gasteiger partial charge in [-0.25, -0.2) is 17.9 Å². The summed E-state index contributed by atoms with van der Waals surface area (Å²) in [5.74, 6) is -0.0182. The van der Waals surface area contributed by atoms with Crippen LogP contribution < -0.4 is 5.32 Å². The second-order valence-electron chi connectivity index (χ2n) is 4.94. The molecule has 1 saturated heterocycles. The van der Waals surface area contributed by atoms with Crippen LogP contribution in [0.5, 0.6) is 0 Å². The highest BCUT2D eigenvalue weighted by atomic mass is 127. The number of ether oxygens (including phenoxy) is 1. The molecule has 0 unspecified atom stereocenters. The molecule has 0 aliphatic carbocycles. The summed E-state index contributed by atoms with van der Waals surface area (Å²) in [5.41, 5.74) is 1.16. The third-order valence-corrected chi connectivity index (χ3v) is 6.36. The van der Waals surface area contributed by atoms with E-state index in [1.54, 1.807) is 10.7 Å². The summed E-state index contributed by atoms with van der Waals surface area (Å²) in [5, 5.41) is 7.64. The van der Waals surface area contributed by atoms with Crippen molar-refractivity contribution in [3.8, 4) is 0 Å². The molecular weight excluding hydrogens is 457 g/mol. The maximum absolute atomic E-state index is 12.3. The zero-order valence-electron chi connectivity index (χ0n) is 12.1. The maximum Gasteiger partial charge on any atom is 0.215 e. The van der Waals surface area contributed by atoms with Crippen LogP contribution in [0.4, 0.5) is 5.69 Å². The number of sulfonamides is 1. The molecule has 1 aliphatic rings. The highest BCUT2D eigenvalue weighted by Crippen LogP contribution is 2.25. The molecule has 1 aliphatic heterocycles. The average Bonchev–Trinajstić information content (AvgIpc) is 2.92. The van der Waals surface area contributed by atoms with Gasteiger partial charge in [0.1, 0.15) is 9.39 Å². The van der Waals surface area contributed by atoms with E-state index in [9.17, 15) is 8.42 Å². The molecule has 2 aromatic rings. The molecule has 0 radical (unpaired) electrons. The summed E-state index contributed by atoms with van der Waals surface area (Å²) < 4.78 is 33.7. The Morgan fingerprint density at radius 3 is 2.83 bits per heavy atom. The summed E-state index contributed by atoms with van der Waals surface area (Å²) in [6, 6.07) is 0. The van der Waals surface area contributed by atoms with Gasteiger partial charge in [-0.3, -0.25) is 0 Å². The van der Waals surface area contributed by atoms with Crippen LogP contribution in [0, 0.1) is 3.70 Å². The van der Waals surface area contributed by atoms with E-state index < -0.39 is 10.0 Å². The van der Waals surface area contributed by atoms with Gasteiger partial charge in [0.05, 0.1) is 36.4 Å². The molecule has 0 atom stereocenters. The number of imidazole rings is 1. The molecule has 0 saturated carbocycles. The second-order valence-corrected chi connectivity index (χ2v) is 8.54. The van der Waals surface area contributed by atoms with E-state index in [0.29, 0.717) is 42.7 Å². The predicted molar refractivity (Wildman–Crippen MR) is 95.4 cm³/mol. The largest absolute Gasteiger partial charge is 0.380 e. The van der Waals surface area contributed by atoms with Crippen molar-refractivity contribution >= 4 is 55.5 Å². The van der Waals surface area contributed by atoms with Crippen molar-refractivity contribution in [1.82, 2.24) is 18.9 Å². The molecule has 11 heteroatoms. The number of halogens is 2. The Balaban J connectivity index is 1.70. The van der Waals surface area contributed by atoms with Crippen molar-refractivity contribution < 1.29 is 13.2 Å². The van der Waals surface area contributed by atoms with Gasteiger partial charge in [0, 0.05) is 19.6 Å². The fraction of sp³-hybridized carbons (Fsp3) is 0.500. The average molecular weight is 472 g/mol. The molecule has 3 heterocycles. The number of nitrogens with zero attached hydrogens (tertiary/aromatic N) is 4. The van der Waals surface area contributed by atoms with Crippen LogP contribution in [0.3, 0.4) is 0 Å². The Hall–Kier alpha value is -0.690. The molecule has 0 spiro atoms. The molecule has 0 amide bonds. The van der Waals surface area contributed by atoms with Crippen molar-refractivity contribution in [1.29, 1.82) is 0 Å². The monoisotopic (exact) mass is 471 g/mol. The Kier molecular flexibility index (Phi) is 5.26. The minimum atomic E-state index is -3.31. The van der Waals surface area contributed by atoms with Crippen LogP contribution in [-0.2, 0) is 14.8 Å². The van der Waals surface area contributed by atoms with Gasteiger partial charge in [0.2, 0.25) is 10.0 Å². The number of aromatic nitrogens is 3. The van der Waals surface area contributed by atoms with E-state index in [4.69, 9.17) is 16.3 Å². The predicted octanol–water partition coefficient (Wildman–Crippen LogP) is 1.06. The Bertz CT molecular complexity index is 806. The van der Waals surface area contributed by atoms with E-state index >= 15 is 0 Å². The zero-order valence-corrected chi connectivity index (χ0v) is 15.8. The topological polar surface area (TPSA) is 88.8 Å². The number of hydrogen-bond acceptors (Lipinski definition) is 6. The minimum absolute atomic E-state index is 0.0182. The first-order chi connectivity index (χ1) is 11.0. The second kappa shape index (κ2) is 7.05. The van der Waals surface area contributed by atoms with Crippen LogP contribution in [0.15, 0.2) is 12.4 Å². The third kappa shape index (κ3) is 3.71. The number of hydrogen-bond donors (Lipinski definition) is 1. The van der Waals surface area contributed by atoms with Gasteiger partial charge in [-0.05, 0) is 22.6 Å². The van der Waals surface area contributed by atoms with E-state index in [0.717, 1.165) is 3.70 Å². The molecule has 126 valence electrons. The number of morpholine rings is 1. The summed E-state index contributed by atoms with van der Waals surface area (Å²) in [4.78, 5) is 4.25. The fourth-order valence-electron chi connectivity index (χ4n) is 2.31. The van der Waals surface area contributed by atoms with Gasteiger partial charge >= 0.3 is 0 Å². The first-order valence-corrected chi connectivity index (χ1v) is 10.0. The number of nitrogens with one attached hydrogen (secondary N) is 1. The fourth-order valence-corrected chi connectivity index (χ4v) is 4.32. The van der Waals surface area contributed by atoms with Crippen LogP contribution >= 0.6 is 34.2 Å². The molecule has 1 N–H and O–H groups in total. The third-order valence-electron chi connectivity index (χ3n) is 3.47. The first kappa shape index (κ1) is 17.1. The number of rotatable bonds is 5. The highest BCUT2D eigenvalue weighted by Gasteiger charge is 2.24. The van der Waals surface area contributed by atoms with Gasteiger partial charge in [-0.2, -0.15) is 9.40 Å². The van der Waals surface area contributed by atoms with Crippen LogP contribution in [0.1, 0.15) is 0 Å². The van der Waals surface area contributed by atoms with Crippen LogP contribution in [-0.4, -0.2) is 65.9 Å². The van der Waals surface area contributed by atoms with Gasteiger partial charge in [0.15, 0.2) is 5.65 Å². The number of fused-ring (bicyclic) bond motifs is 1. The SMILES string of the molecule is O=S(=O)(CCNc1c(Cl)cnn2c(I)cnc12)N1CCOCC1. The van der Waals surface area contributed by atoms with E-state index in [1.165, 1.54) is 10.5 Å². The summed E-state index contributed by atoms with van der Waals surface area (Å²) in [7, 11) is -3.31. The van der Waals surface area contributed by atoms with Crippen molar-refractivity contribution in [3.63, 3.8) is 0 Å². The molecule has 8 nitrogen and oxygen atoms in total. The van der Waals surface area contributed by atoms with Gasteiger partial charge < -0.3 is 10.1 Å². The summed E-state index contributed by atoms with van der Waals surface area (Å²) in [6.45, 7) is 1.93. The molecule has 3 rings (SSSR count). The normalized spacial score (nSPS) is 16.8. The summed E-state index contributed by atoms with van der Waals surface area (Å²) >= 11 is 8.27. The smallest absolute Gasteiger partial charge is 0.215 e. The van der Waals surface area contributed by atoms with Crippen LogP contribution in [0.2, 0.25) is 5.02 Å². The molecule has 0 bridgehead atoms. The summed E-state index contributed by atoms with van der Waals surface area (Å²) in [6.07, 6.45) is 3.19. The molecule has 2 aromatic heterocycles. The Morgan fingerprint density at radius 2 is 2.09 bits per heavy atom. The lowest BCUT2D eigenvalue weighted by Gasteiger charge is -2.26. The van der Waals surface area contributed by atoms with E-state index in [2.05, 4.69) is 38.0 Å². The Morgan fingerprint density at radius 1 is 1.35 bits per heavy atom. The van der Waals surface area contributed by atoms with Crippen molar-refractivity contribution in [2.24, 2.45) is 0 Å².